The summed E-state index contributed by atoms with van der Waals surface area (Å²) in [5.41, 5.74) is 4.49. The molecule has 2 aromatic carbocycles. The topological polar surface area (TPSA) is 146 Å². The molecule has 7 rings (SSSR count). The van der Waals surface area contributed by atoms with Gasteiger partial charge in [0.15, 0.2) is 17.3 Å². The van der Waals surface area contributed by atoms with Crippen LogP contribution in [0.4, 0.5) is 22.0 Å². The van der Waals surface area contributed by atoms with Gasteiger partial charge in [-0.1, -0.05) is 62.7 Å². The van der Waals surface area contributed by atoms with Crippen LogP contribution in [0, 0.1) is 10.8 Å². The summed E-state index contributed by atoms with van der Waals surface area (Å²) in [4.78, 5) is 39.5. The average molecular weight is 774 g/mol. The number of guanidine groups is 1. The molecule has 12 nitrogen and oxygen atoms in total. The third-order valence-corrected chi connectivity index (χ3v) is 10.3. The molecule has 2 N–H and O–H groups in total. The van der Waals surface area contributed by atoms with Crippen molar-refractivity contribution in [1.29, 1.82) is 0 Å². The van der Waals surface area contributed by atoms with E-state index < -0.39 is 60.0 Å². The van der Waals surface area contributed by atoms with Crippen LogP contribution < -0.4 is 5.73 Å². The number of esters is 1. The van der Waals surface area contributed by atoms with E-state index in [-0.39, 0.29) is 47.2 Å². The Hall–Kier alpha value is -4.93. The van der Waals surface area contributed by atoms with Gasteiger partial charge in [0.25, 0.3) is 5.91 Å². The SMILES string of the molecule is CC(C)(C)C[C@]1(c2ccc(-c3cnn(C4CC4)n3)cc2)N=C(N)N([C@H](COC(=O)CC2(C(F)(F)F)CC2)c2ccc(Cl)c(-c3ncnn3C(F)F)c2)C1=O. The van der Waals surface area contributed by atoms with Gasteiger partial charge in [-0.2, -0.15) is 46.7 Å². The molecule has 4 aromatic rings. The highest BCUT2D eigenvalue weighted by Crippen LogP contribution is 2.60. The van der Waals surface area contributed by atoms with Crippen molar-refractivity contribution in [3.8, 4) is 22.6 Å². The van der Waals surface area contributed by atoms with Gasteiger partial charge < -0.3 is 10.5 Å². The number of benzene rings is 2. The Morgan fingerprint density at radius 1 is 1.07 bits per heavy atom. The lowest BCUT2D eigenvalue weighted by Crippen LogP contribution is -2.47. The van der Waals surface area contributed by atoms with E-state index >= 15 is 0 Å². The molecule has 3 heterocycles. The van der Waals surface area contributed by atoms with Gasteiger partial charge in [-0.15, -0.1) is 0 Å². The molecule has 286 valence electrons. The molecule has 0 unspecified atom stereocenters. The Bertz CT molecular complexity index is 2100. The van der Waals surface area contributed by atoms with Crippen molar-refractivity contribution in [2.45, 2.75) is 89.6 Å². The minimum absolute atomic E-state index is 0.00890. The molecule has 1 amide bonds. The monoisotopic (exact) mass is 773 g/mol. The largest absolute Gasteiger partial charge is 0.463 e. The lowest BCUT2D eigenvalue weighted by atomic mass is 9.75. The van der Waals surface area contributed by atoms with E-state index in [1.54, 1.807) is 35.3 Å². The molecule has 18 heteroatoms. The predicted molar refractivity (Wildman–Crippen MR) is 186 cm³/mol. The minimum Gasteiger partial charge on any atom is -0.463 e. The van der Waals surface area contributed by atoms with Gasteiger partial charge in [0, 0.05) is 11.1 Å². The van der Waals surface area contributed by atoms with E-state index in [1.165, 1.54) is 18.2 Å². The molecule has 2 aliphatic carbocycles. The fraction of sp³-hybridized carbons (Fsp3) is 0.472. The van der Waals surface area contributed by atoms with Crippen LogP contribution in [0.5, 0.6) is 0 Å². The van der Waals surface area contributed by atoms with Crippen LogP contribution in [-0.4, -0.2) is 65.3 Å². The van der Waals surface area contributed by atoms with E-state index in [9.17, 15) is 31.5 Å². The quantitative estimate of drug-likeness (QED) is 0.116. The summed E-state index contributed by atoms with van der Waals surface area (Å²) in [6.45, 7) is 2.08. The van der Waals surface area contributed by atoms with E-state index in [0.29, 0.717) is 22.0 Å². The Morgan fingerprint density at radius 2 is 1.78 bits per heavy atom. The normalized spacial score (nSPS) is 20.4. The maximum atomic E-state index is 15.0. The lowest BCUT2D eigenvalue weighted by Gasteiger charge is -2.35. The van der Waals surface area contributed by atoms with Crippen LogP contribution in [0.3, 0.4) is 0 Å². The van der Waals surface area contributed by atoms with Crippen molar-refractivity contribution in [2.75, 3.05) is 6.61 Å². The Kier molecular flexibility index (Phi) is 9.29. The molecule has 3 aliphatic rings. The van der Waals surface area contributed by atoms with E-state index in [4.69, 9.17) is 27.1 Å². The zero-order valence-electron chi connectivity index (χ0n) is 29.5. The molecule has 2 aromatic heterocycles. The Balaban J connectivity index is 1.26. The van der Waals surface area contributed by atoms with Crippen LogP contribution in [0.2, 0.25) is 5.02 Å². The number of rotatable bonds is 12. The number of nitrogens with zero attached hydrogens (tertiary/aromatic N) is 8. The van der Waals surface area contributed by atoms with Crippen molar-refractivity contribution < 1.29 is 36.3 Å². The van der Waals surface area contributed by atoms with Gasteiger partial charge >= 0.3 is 18.7 Å². The van der Waals surface area contributed by atoms with Crippen molar-refractivity contribution in [1.82, 2.24) is 34.7 Å². The number of halogens is 6. The molecule has 0 saturated heterocycles. The van der Waals surface area contributed by atoms with Gasteiger partial charge in [0.1, 0.15) is 18.6 Å². The molecule has 0 spiro atoms. The first-order valence-electron chi connectivity index (χ1n) is 17.3. The van der Waals surface area contributed by atoms with Crippen LogP contribution >= 0.6 is 11.6 Å². The highest BCUT2D eigenvalue weighted by molar-refractivity contribution is 6.33. The molecule has 1 aliphatic heterocycles. The van der Waals surface area contributed by atoms with Crippen molar-refractivity contribution >= 4 is 29.4 Å². The maximum Gasteiger partial charge on any atom is 0.395 e. The summed E-state index contributed by atoms with van der Waals surface area (Å²) in [5, 5.41) is 12.5. The third-order valence-electron chi connectivity index (χ3n) is 9.98. The van der Waals surface area contributed by atoms with Gasteiger partial charge in [-0.25, -0.2) is 9.98 Å². The number of carbonyl (C=O) groups is 2. The van der Waals surface area contributed by atoms with Crippen LogP contribution in [0.25, 0.3) is 22.6 Å². The van der Waals surface area contributed by atoms with E-state index in [0.717, 1.165) is 29.6 Å². The zero-order valence-corrected chi connectivity index (χ0v) is 30.3. The van der Waals surface area contributed by atoms with Gasteiger partial charge in [-0.3, -0.25) is 14.5 Å². The molecule has 0 radical (unpaired) electrons. The number of aliphatic imine (C=N–C) groups is 1. The van der Waals surface area contributed by atoms with Gasteiger partial charge in [0.05, 0.1) is 35.1 Å². The van der Waals surface area contributed by atoms with Gasteiger partial charge in [-0.05, 0) is 60.8 Å². The molecular formula is C36H37ClF5N9O3. The average Bonchev–Trinajstić information content (AvgIpc) is 3.97. The summed E-state index contributed by atoms with van der Waals surface area (Å²) in [6, 6.07) is 10.4. The molecule has 2 fully saturated rings. The number of aromatic nitrogens is 6. The summed E-state index contributed by atoms with van der Waals surface area (Å²) in [7, 11) is 0. The van der Waals surface area contributed by atoms with Crippen LogP contribution in [0.15, 0.2) is 60.0 Å². The number of hydrogen-bond acceptors (Lipinski definition) is 9. The molecular weight excluding hydrogens is 737 g/mol. The molecule has 2 atom stereocenters. The van der Waals surface area contributed by atoms with E-state index in [1.807, 2.05) is 20.8 Å². The second-order valence-corrected chi connectivity index (χ2v) is 15.7. The first-order chi connectivity index (χ1) is 25.4. The van der Waals surface area contributed by atoms with Crippen LogP contribution in [0.1, 0.15) is 89.1 Å². The Morgan fingerprint density at radius 3 is 2.39 bits per heavy atom. The summed E-state index contributed by atoms with van der Waals surface area (Å²) in [5.74, 6) is -2.26. The van der Waals surface area contributed by atoms with Crippen molar-refractivity contribution in [3.63, 3.8) is 0 Å². The summed E-state index contributed by atoms with van der Waals surface area (Å²) >= 11 is 6.45. The zero-order chi connectivity index (χ0) is 38.8. The number of hydrogen-bond donors (Lipinski definition) is 1. The standard InChI is InChI=1S/C36H37ClF5N9O3/c1-33(2,3)18-35(22-7-4-20(5-8-22)26-16-45-51(48-26)23-9-10-23)30(53)49(32(43)47-35)27(17-54-28(52)15-34(12-13-34)36(40,41)42)21-6-11-25(37)24(14-21)29-44-19-46-50(29)31(38)39/h4-8,11,14,16,19,23,27,31H,9-10,12-13,15,17-18H2,1-3H3,(H2,43,47)/t27-,35-/m1/s1. The Labute approximate surface area is 311 Å². The number of ether oxygens (including phenoxy) is 1. The fourth-order valence-corrected chi connectivity index (χ4v) is 7.12. The maximum absolute atomic E-state index is 15.0. The van der Waals surface area contributed by atoms with Crippen LogP contribution in [-0.2, 0) is 19.9 Å². The molecule has 54 heavy (non-hydrogen) atoms. The first kappa shape index (κ1) is 37.4. The lowest BCUT2D eigenvalue weighted by molar-refractivity contribution is -0.195. The fourth-order valence-electron chi connectivity index (χ4n) is 6.92. The highest BCUT2D eigenvalue weighted by atomic mass is 35.5. The van der Waals surface area contributed by atoms with Crippen molar-refractivity contribution in [3.05, 3.63) is 71.1 Å². The summed E-state index contributed by atoms with van der Waals surface area (Å²) < 4.78 is 74.7. The molecule has 2 saturated carbocycles. The minimum atomic E-state index is -4.60. The number of carbonyl (C=O) groups excluding carboxylic acids is 2. The smallest absolute Gasteiger partial charge is 0.395 e. The predicted octanol–water partition coefficient (Wildman–Crippen LogP) is 7.39. The van der Waals surface area contributed by atoms with Crippen molar-refractivity contribution in [2.24, 2.45) is 21.6 Å². The number of amides is 1. The third kappa shape index (κ3) is 7.05. The second-order valence-electron chi connectivity index (χ2n) is 15.3. The summed E-state index contributed by atoms with van der Waals surface area (Å²) in [6.07, 6.45) is -1.12. The number of alkyl halides is 5. The van der Waals surface area contributed by atoms with Gasteiger partial charge in [0.2, 0.25) is 0 Å². The molecule has 0 bridgehead atoms. The second kappa shape index (κ2) is 13.4. The highest BCUT2D eigenvalue weighted by Gasteiger charge is 2.64. The number of nitrogens with two attached hydrogens (primary N) is 1. The van der Waals surface area contributed by atoms with E-state index in [2.05, 4.69) is 20.3 Å². The first-order valence-corrected chi connectivity index (χ1v) is 17.7.